The molecule has 0 saturated carbocycles. The second kappa shape index (κ2) is 7.37. The van der Waals surface area contributed by atoms with Gasteiger partial charge >= 0.3 is 0 Å². The van der Waals surface area contributed by atoms with Crippen molar-refractivity contribution < 1.29 is 5.48 Å². The molecule has 0 bridgehead atoms. The van der Waals surface area contributed by atoms with Crippen molar-refractivity contribution >= 4 is 0 Å². The van der Waals surface area contributed by atoms with Gasteiger partial charge in [0.2, 0.25) is 0 Å². The predicted octanol–water partition coefficient (Wildman–Crippen LogP) is 0.945. The molecule has 4 heteroatoms. The molecule has 0 amide bonds. The first-order chi connectivity index (χ1) is 7.55. The lowest BCUT2D eigenvalue weighted by Gasteiger charge is -2.45. The summed E-state index contributed by atoms with van der Waals surface area (Å²) >= 11 is 0. The number of likely N-dealkylation sites (N-methyl/N-ethyl adjacent to an activating group) is 1. The number of hydrogen-bond acceptors (Lipinski definition) is 3. The Morgan fingerprint density at radius 3 is 2.12 bits per heavy atom. The van der Waals surface area contributed by atoms with E-state index in [0.717, 1.165) is 13.1 Å². The van der Waals surface area contributed by atoms with Gasteiger partial charge in [-0.25, -0.2) is 0 Å². The van der Waals surface area contributed by atoms with Crippen molar-refractivity contribution in [2.45, 2.75) is 32.4 Å². The molecule has 1 unspecified atom stereocenters. The second-order valence-electron chi connectivity index (χ2n) is 4.78. The largest absolute Gasteiger partial charge is 0.412 e. The van der Waals surface area contributed by atoms with Crippen LogP contribution >= 0.6 is 0 Å². The Hall–Kier alpha value is -0.970. The molecule has 3 N–H and O–H groups in total. The smallest absolute Gasteiger partial charge is 0.0301 e. The van der Waals surface area contributed by atoms with Crippen molar-refractivity contribution in [2.75, 3.05) is 20.1 Å². The fourth-order valence-electron chi connectivity index (χ4n) is 1.63. The standard InChI is InChI=1S/C8H18N2.C5H5N.H2O/c1-7-8(2,3)10(4)6-5-9-7;1-2-4-6-5-3-1;/h7,9H,5-6H2,1-4H3;1-5H;1H2. The SMILES string of the molecule is CC1NCCN(C)C1(C)C.O.c1ccncc1. The van der Waals surface area contributed by atoms with E-state index < -0.39 is 0 Å². The van der Waals surface area contributed by atoms with Crippen LogP contribution in [0.15, 0.2) is 30.6 Å². The first kappa shape index (κ1) is 16.0. The summed E-state index contributed by atoms with van der Waals surface area (Å²) in [5.41, 5.74) is 0.318. The third-order valence-electron chi connectivity index (χ3n) is 3.51. The van der Waals surface area contributed by atoms with Crippen LogP contribution in [-0.2, 0) is 0 Å². The lowest BCUT2D eigenvalue weighted by molar-refractivity contribution is 0.0821. The van der Waals surface area contributed by atoms with E-state index in [4.69, 9.17) is 0 Å². The maximum atomic E-state index is 3.78. The van der Waals surface area contributed by atoms with Crippen molar-refractivity contribution in [3.05, 3.63) is 30.6 Å². The van der Waals surface area contributed by atoms with Gasteiger partial charge in [-0.3, -0.25) is 9.88 Å². The van der Waals surface area contributed by atoms with Crippen LogP contribution in [0.5, 0.6) is 0 Å². The van der Waals surface area contributed by atoms with Gasteiger partial charge in [0.1, 0.15) is 0 Å². The highest BCUT2D eigenvalue weighted by atomic mass is 16.0. The molecule has 1 atom stereocenters. The molecule has 1 aromatic heterocycles. The third-order valence-corrected chi connectivity index (χ3v) is 3.51. The number of pyridine rings is 1. The third kappa shape index (κ3) is 4.81. The monoisotopic (exact) mass is 239 g/mol. The molecule has 1 aromatic rings. The number of piperazine rings is 1. The molecule has 1 fully saturated rings. The molecule has 0 aromatic carbocycles. The molecule has 0 radical (unpaired) electrons. The number of aromatic nitrogens is 1. The maximum absolute atomic E-state index is 3.78. The van der Waals surface area contributed by atoms with Gasteiger partial charge in [-0.1, -0.05) is 6.07 Å². The van der Waals surface area contributed by atoms with Gasteiger partial charge in [0.15, 0.2) is 0 Å². The van der Waals surface area contributed by atoms with E-state index >= 15 is 0 Å². The van der Waals surface area contributed by atoms with Gasteiger partial charge < -0.3 is 10.8 Å². The second-order valence-corrected chi connectivity index (χ2v) is 4.78. The first-order valence-electron chi connectivity index (χ1n) is 5.85. The normalized spacial score (nSPS) is 22.9. The lowest BCUT2D eigenvalue weighted by atomic mass is 9.92. The van der Waals surface area contributed by atoms with Gasteiger partial charge in [0.05, 0.1) is 0 Å². The Labute approximate surface area is 104 Å². The van der Waals surface area contributed by atoms with Crippen LogP contribution in [0.4, 0.5) is 0 Å². The summed E-state index contributed by atoms with van der Waals surface area (Å²) in [4.78, 5) is 6.20. The number of rotatable bonds is 0. The highest BCUT2D eigenvalue weighted by Gasteiger charge is 2.32. The average molecular weight is 239 g/mol. The molecule has 1 saturated heterocycles. The van der Waals surface area contributed by atoms with Crippen LogP contribution in [0.25, 0.3) is 0 Å². The van der Waals surface area contributed by atoms with E-state index in [9.17, 15) is 0 Å². The summed E-state index contributed by atoms with van der Waals surface area (Å²) in [5, 5.41) is 3.46. The Morgan fingerprint density at radius 1 is 1.24 bits per heavy atom. The van der Waals surface area contributed by atoms with E-state index in [1.807, 2.05) is 18.2 Å². The lowest BCUT2D eigenvalue weighted by Crippen LogP contribution is -2.61. The highest BCUT2D eigenvalue weighted by Crippen LogP contribution is 2.19. The highest BCUT2D eigenvalue weighted by molar-refractivity contribution is 4.93. The molecule has 2 rings (SSSR count). The van der Waals surface area contributed by atoms with Crippen LogP contribution in [0.3, 0.4) is 0 Å². The van der Waals surface area contributed by atoms with E-state index in [1.54, 1.807) is 12.4 Å². The average Bonchev–Trinajstić information content (AvgIpc) is 2.30. The topological polar surface area (TPSA) is 59.7 Å². The summed E-state index contributed by atoms with van der Waals surface area (Å²) in [7, 11) is 2.19. The number of nitrogens with one attached hydrogen (secondary N) is 1. The Morgan fingerprint density at radius 2 is 1.82 bits per heavy atom. The van der Waals surface area contributed by atoms with E-state index in [0.29, 0.717) is 11.6 Å². The van der Waals surface area contributed by atoms with Gasteiger partial charge in [0.25, 0.3) is 0 Å². The molecule has 0 spiro atoms. The molecular formula is C13H25N3O. The fourth-order valence-corrected chi connectivity index (χ4v) is 1.63. The molecular weight excluding hydrogens is 214 g/mol. The molecule has 98 valence electrons. The van der Waals surface area contributed by atoms with Crippen molar-refractivity contribution in [3.63, 3.8) is 0 Å². The molecule has 1 aliphatic heterocycles. The predicted molar refractivity (Wildman–Crippen MR) is 72.0 cm³/mol. The Bertz CT molecular complexity index is 251. The zero-order chi connectivity index (χ0) is 12.0. The van der Waals surface area contributed by atoms with E-state index in [1.165, 1.54) is 0 Å². The molecule has 0 aliphatic carbocycles. The zero-order valence-electron chi connectivity index (χ0n) is 11.3. The minimum atomic E-state index is 0. The quantitative estimate of drug-likeness (QED) is 0.733. The molecule has 1 aliphatic rings. The number of nitrogens with zero attached hydrogens (tertiary/aromatic N) is 2. The summed E-state index contributed by atoms with van der Waals surface area (Å²) in [6.07, 6.45) is 3.50. The molecule has 2 heterocycles. The number of hydrogen-bond donors (Lipinski definition) is 1. The van der Waals surface area contributed by atoms with E-state index in [2.05, 4.69) is 43.0 Å². The van der Waals surface area contributed by atoms with Crippen LogP contribution < -0.4 is 5.32 Å². The van der Waals surface area contributed by atoms with Gasteiger partial charge in [-0.15, -0.1) is 0 Å². The molecule has 4 nitrogen and oxygen atoms in total. The van der Waals surface area contributed by atoms with Crippen LogP contribution in [-0.4, -0.2) is 47.1 Å². The Kier molecular flexibility index (Phi) is 6.95. The summed E-state index contributed by atoms with van der Waals surface area (Å²) in [6.45, 7) is 9.10. The van der Waals surface area contributed by atoms with Crippen molar-refractivity contribution in [3.8, 4) is 0 Å². The summed E-state index contributed by atoms with van der Waals surface area (Å²) in [5.74, 6) is 0. The van der Waals surface area contributed by atoms with Gasteiger partial charge in [-0.05, 0) is 40.0 Å². The van der Waals surface area contributed by atoms with Crippen molar-refractivity contribution in [1.29, 1.82) is 0 Å². The Balaban J connectivity index is 0.000000316. The molecule has 17 heavy (non-hydrogen) atoms. The summed E-state index contributed by atoms with van der Waals surface area (Å²) in [6, 6.07) is 6.32. The van der Waals surface area contributed by atoms with Gasteiger partial charge in [0, 0.05) is 37.1 Å². The fraction of sp³-hybridized carbons (Fsp3) is 0.615. The van der Waals surface area contributed by atoms with Crippen molar-refractivity contribution in [1.82, 2.24) is 15.2 Å². The minimum absolute atomic E-state index is 0. The van der Waals surface area contributed by atoms with Gasteiger partial charge in [-0.2, -0.15) is 0 Å². The minimum Gasteiger partial charge on any atom is -0.412 e. The van der Waals surface area contributed by atoms with E-state index in [-0.39, 0.29) is 5.48 Å². The van der Waals surface area contributed by atoms with Crippen LogP contribution in [0.2, 0.25) is 0 Å². The van der Waals surface area contributed by atoms with Crippen LogP contribution in [0.1, 0.15) is 20.8 Å². The zero-order valence-corrected chi connectivity index (χ0v) is 11.3. The first-order valence-corrected chi connectivity index (χ1v) is 5.85. The van der Waals surface area contributed by atoms with Crippen LogP contribution in [0, 0.1) is 0 Å². The summed E-state index contributed by atoms with van der Waals surface area (Å²) < 4.78 is 0. The van der Waals surface area contributed by atoms with Crippen molar-refractivity contribution in [2.24, 2.45) is 0 Å². The maximum Gasteiger partial charge on any atom is 0.0301 e.